The number of thiazole rings is 1. The monoisotopic (exact) mass is 446 g/mol. The Morgan fingerprint density at radius 1 is 1.16 bits per heavy atom. The topological polar surface area (TPSA) is 113 Å². The Bertz CT molecular complexity index is 1300. The predicted octanol–water partition coefficient (Wildman–Crippen LogP) is 2.61. The van der Waals surface area contributed by atoms with E-state index in [1.165, 1.54) is 0 Å². The van der Waals surface area contributed by atoms with E-state index < -0.39 is 0 Å². The molecule has 9 nitrogen and oxygen atoms in total. The number of benzene rings is 1. The molecular formula is C22H22N8OS. The van der Waals surface area contributed by atoms with Crippen LogP contribution in [0.2, 0.25) is 0 Å². The van der Waals surface area contributed by atoms with Gasteiger partial charge >= 0.3 is 0 Å². The van der Waals surface area contributed by atoms with Gasteiger partial charge in [0.05, 0.1) is 10.4 Å². The van der Waals surface area contributed by atoms with Crippen molar-refractivity contribution in [1.29, 1.82) is 0 Å². The van der Waals surface area contributed by atoms with Gasteiger partial charge in [0.15, 0.2) is 10.9 Å². The molecule has 0 spiro atoms. The summed E-state index contributed by atoms with van der Waals surface area (Å²) in [5, 5.41) is 13.1. The van der Waals surface area contributed by atoms with Crippen LogP contribution in [0.3, 0.4) is 0 Å². The molecule has 1 saturated heterocycles. The zero-order valence-corrected chi connectivity index (χ0v) is 18.5. The van der Waals surface area contributed by atoms with E-state index in [-0.39, 0.29) is 11.9 Å². The normalized spacial score (nSPS) is 13.8. The average Bonchev–Trinajstić information content (AvgIpc) is 3.27. The van der Waals surface area contributed by atoms with E-state index in [9.17, 15) is 4.79 Å². The smallest absolute Gasteiger partial charge is 0.257 e. The zero-order valence-electron chi connectivity index (χ0n) is 17.7. The van der Waals surface area contributed by atoms with Gasteiger partial charge in [0.1, 0.15) is 5.82 Å². The highest BCUT2D eigenvalue weighted by atomic mass is 32.1. The van der Waals surface area contributed by atoms with Gasteiger partial charge in [0, 0.05) is 56.6 Å². The highest BCUT2D eigenvalue weighted by Gasteiger charge is 2.24. The van der Waals surface area contributed by atoms with Gasteiger partial charge in [-0.1, -0.05) is 17.4 Å². The van der Waals surface area contributed by atoms with E-state index in [0.29, 0.717) is 11.4 Å². The lowest BCUT2D eigenvalue weighted by Gasteiger charge is -2.37. The zero-order chi connectivity index (χ0) is 22.2. The number of carbonyl (C=O) groups is 1. The minimum absolute atomic E-state index is 0.159. The molecule has 1 aliphatic heterocycles. The first kappa shape index (κ1) is 20.3. The molecule has 0 aliphatic carbocycles. The van der Waals surface area contributed by atoms with E-state index in [1.54, 1.807) is 29.7 Å². The second-order valence-corrected chi connectivity index (χ2v) is 8.94. The van der Waals surface area contributed by atoms with Crippen molar-refractivity contribution >= 4 is 44.9 Å². The molecule has 32 heavy (non-hydrogen) atoms. The summed E-state index contributed by atoms with van der Waals surface area (Å²) >= 11 is 1.62. The van der Waals surface area contributed by atoms with Gasteiger partial charge in [-0.15, -0.1) is 10.2 Å². The van der Waals surface area contributed by atoms with Crippen molar-refractivity contribution in [3.63, 3.8) is 0 Å². The summed E-state index contributed by atoms with van der Waals surface area (Å²) in [6, 6.07) is 11.4. The minimum Gasteiger partial charge on any atom is -0.354 e. The summed E-state index contributed by atoms with van der Waals surface area (Å²) in [6.07, 6.45) is 3.49. The fourth-order valence-electron chi connectivity index (χ4n) is 3.49. The van der Waals surface area contributed by atoms with E-state index in [0.717, 1.165) is 45.4 Å². The molecule has 0 saturated carbocycles. The fourth-order valence-corrected chi connectivity index (χ4v) is 4.32. The van der Waals surface area contributed by atoms with Crippen molar-refractivity contribution in [2.24, 2.45) is 5.73 Å². The number of nitrogens with one attached hydrogen (secondary N) is 1. The predicted molar refractivity (Wildman–Crippen MR) is 127 cm³/mol. The summed E-state index contributed by atoms with van der Waals surface area (Å²) in [7, 11) is 3.94. The summed E-state index contributed by atoms with van der Waals surface area (Å²) < 4.78 is 0. The summed E-state index contributed by atoms with van der Waals surface area (Å²) in [6.45, 7) is 1.48. The van der Waals surface area contributed by atoms with Crippen LogP contribution >= 0.6 is 11.3 Å². The molecule has 4 heterocycles. The van der Waals surface area contributed by atoms with Crippen molar-refractivity contribution in [1.82, 2.24) is 20.2 Å². The average molecular weight is 447 g/mol. The van der Waals surface area contributed by atoms with Crippen LogP contribution in [0, 0.1) is 0 Å². The highest BCUT2D eigenvalue weighted by Crippen LogP contribution is 2.32. The molecule has 1 amide bonds. The number of hydrogen-bond donors (Lipinski definition) is 2. The molecule has 0 unspecified atom stereocenters. The molecular weight excluding hydrogens is 424 g/mol. The Morgan fingerprint density at radius 3 is 2.75 bits per heavy atom. The lowest BCUT2D eigenvalue weighted by atomic mass is 10.1. The quantitative estimate of drug-likeness (QED) is 0.481. The highest BCUT2D eigenvalue weighted by molar-refractivity contribution is 7.18. The van der Waals surface area contributed by atoms with Crippen molar-refractivity contribution in [3.05, 3.63) is 54.4 Å². The van der Waals surface area contributed by atoms with Gasteiger partial charge in [-0.25, -0.2) is 9.97 Å². The maximum atomic E-state index is 12.8. The van der Waals surface area contributed by atoms with Crippen LogP contribution in [-0.4, -0.2) is 59.3 Å². The number of hydrogen-bond acceptors (Lipinski definition) is 9. The number of fused-ring (bicyclic) bond motifs is 1. The SMILES string of the molecule is CN(C)c1ncc(-c2ccc3nnc(NC(=O)c4ccnc(N5CC(N)C5)c4)cc3c2)s1. The molecule has 1 fully saturated rings. The third kappa shape index (κ3) is 3.97. The number of nitrogens with zero attached hydrogens (tertiary/aromatic N) is 6. The summed E-state index contributed by atoms with van der Waals surface area (Å²) in [4.78, 5) is 26.6. The minimum atomic E-state index is -0.263. The van der Waals surface area contributed by atoms with Crippen molar-refractivity contribution in [2.45, 2.75) is 6.04 Å². The van der Waals surface area contributed by atoms with Crippen LogP contribution in [-0.2, 0) is 0 Å². The number of carbonyl (C=O) groups excluding carboxylic acids is 1. The van der Waals surface area contributed by atoms with Crippen LogP contribution in [0.1, 0.15) is 10.4 Å². The summed E-state index contributed by atoms with van der Waals surface area (Å²) in [5.74, 6) is 0.874. The maximum Gasteiger partial charge on any atom is 0.257 e. The fraction of sp³-hybridized carbons (Fsp3) is 0.227. The Balaban J connectivity index is 1.37. The van der Waals surface area contributed by atoms with Crippen LogP contribution in [0.15, 0.2) is 48.8 Å². The molecule has 0 bridgehead atoms. The van der Waals surface area contributed by atoms with Gasteiger partial charge in [-0.2, -0.15) is 0 Å². The number of pyridine rings is 1. The number of rotatable bonds is 5. The lowest BCUT2D eigenvalue weighted by molar-refractivity contribution is 0.102. The van der Waals surface area contributed by atoms with Gasteiger partial charge in [0.25, 0.3) is 5.91 Å². The number of anilines is 3. The largest absolute Gasteiger partial charge is 0.354 e. The van der Waals surface area contributed by atoms with Crippen molar-refractivity contribution in [3.8, 4) is 10.4 Å². The molecule has 162 valence electrons. The van der Waals surface area contributed by atoms with Crippen molar-refractivity contribution < 1.29 is 4.79 Å². The van der Waals surface area contributed by atoms with E-state index in [2.05, 4.69) is 25.5 Å². The first-order valence-corrected chi connectivity index (χ1v) is 11.0. The lowest BCUT2D eigenvalue weighted by Crippen LogP contribution is -2.56. The number of amides is 1. The van der Waals surface area contributed by atoms with Gasteiger partial charge in [0.2, 0.25) is 0 Å². The molecule has 1 aromatic carbocycles. The Morgan fingerprint density at radius 2 is 2.00 bits per heavy atom. The molecule has 3 N–H and O–H groups in total. The van der Waals surface area contributed by atoms with Crippen molar-refractivity contribution in [2.75, 3.05) is 42.3 Å². The van der Waals surface area contributed by atoms with Gasteiger partial charge < -0.3 is 20.9 Å². The Labute approximate surface area is 188 Å². The molecule has 4 aromatic rings. The Hall–Kier alpha value is -3.63. The first-order chi connectivity index (χ1) is 15.5. The van der Waals surface area contributed by atoms with Crippen LogP contribution in [0.4, 0.5) is 16.8 Å². The van der Waals surface area contributed by atoms with E-state index >= 15 is 0 Å². The van der Waals surface area contributed by atoms with Crippen LogP contribution in [0.5, 0.6) is 0 Å². The molecule has 3 aromatic heterocycles. The van der Waals surface area contributed by atoms with Crippen LogP contribution < -0.4 is 20.9 Å². The molecule has 10 heteroatoms. The summed E-state index contributed by atoms with van der Waals surface area (Å²) in [5.41, 5.74) is 8.15. The first-order valence-electron chi connectivity index (χ1n) is 10.2. The van der Waals surface area contributed by atoms with E-state index in [4.69, 9.17) is 5.73 Å². The Kier molecular flexibility index (Phi) is 5.16. The molecule has 1 aliphatic rings. The standard InChI is InChI=1S/C22H22N8OS/c1-29(2)22-25-10-18(32-22)13-3-4-17-15(7-13)8-19(28-27-17)26-21(31)14-5-6-24-20(9-14)30-11-16(23)12-30/h3-10,16H,11-12,23H2,1-2H3,(H,26,28,31). The number of nitrogens with two attached hydrogens (primary N) is 1. The molecule has 0 radical (unpaired) electrons. The second-order valence-electron chi connectivity index (χ2n) is 7.93. The van der Waals surface area contributed by atoms with Gasteiger partial charge in [-0.05, 0) is 35.9 Å². The number of aromatic nitrogens is 4. The molecule has 5 rings (SSSR count). The van der Waals surface area contributed by atoms with E-state index in [1.807, 2.05) is 54.4 Å². The molecule has 0 atom stereocenters. The van der Waals surface area contributed by atoms with Gasteiger partial charge in [-0.3, -0.25) is 4.79 Å². The van der Waals surface area contributed by atoms with Crippen LogP contribution in [0.25, 0.3) is 21.3 Å². The third-order valence-electron chi connectivity index (χ3n) is 5.23. The second kappa shape index (κ2) is 8.13. The maximum absolute atomic E-state index is 12.8. The third-order valence-corrected chi connectivity index (χ3v) is 6.44.